The van der Waals surface area contributed by atoms with Crippen LogP contribution >= 0.6 is 0 Å². The molecule has 0 aromatic heterocycles. The summed E-state index contributed by atoms with van der Waals surface area (Å²) in [5, 5.41) is 8.83. The molecule has 1 aliphatic rings. The summed E-state index contributed by atoms with van der Waals surface area (Å²) in [5.41, 5.74) is -1.98. The largest absolute Gasteiger partial charge is 0.460 e. The van der Waals surface area contributed by atoms with Crippen LogP contribution in [-0.2, 0) is 22.6 Å². The van der Waals surface area contributed by atoms with Gasteiger partial charge in [-0.15, -0.1) is 12.3 Å². The summed E-state index contributed by atoms with van der Waals surface area (Å²) in [5.74, 6) is -6.22. The van der Waals surface area contributed by atoms with E-state index in [1.807, 2.05) is 12.0 Å². The smallest absolute Gasteiger partial charge is 0.310 e. The van der Waals surface area contributed by atoms with Crippen molar-refractivity contribution in [3.05, 3.63) is 46.0 Å². The molecule has 1 aliphatic carbocycles. The van der Waals surface area contributed by atoms with Gasteiger partial charge < -0.3 is 4.74 Å². The summed E-state index contributed by atoms with van der Waals surface area (Å²) in [6.07, 6.45) is 5.94. The Morgan fingerprint density at radius 3 is 2.19 bits per heavy atom. The number of allylic oxidation sites excluding steroid dienone is 2. The highest BCUT2D eigenvalue weighted by Gasteiger charge is 2.61. The van der Waals surface area contributed by atoms with E-state index < -0.39 is 64.7 Å². The van der Waals surface area contributed by atoms with Crippen molar-refractivity contribution < 1.29 is 27.1 Å². The van der Waals surface area contributed by atoms with Crippen molar-refractivity contribution >= 4 is 5.97 Å². The average molecular weight is 379 g/mol. The monoisotopic (exact) mass is 379 g/mol. The Morgan fingerprint density at radius 2 is 1.70 bits per heavy atom. The van der Waals surface area contributed by atoms with Gasteiger partial charge in [-0.3, -0.25) is 4.79 Å². The number of halogens is 4. The predicted molar refractivity (Wildman–Crippen MR) is 88.7 cm³/mol. The van der Waals surface area contributed by atoms with Crippen LogP contribution in [0, 0.1) is 64.2 Å². The summed E-state index contributed by atoms with van der Waals surface area (Å²) in [4.78, 5) is 12.2. The molecule has 1 aromatic rings. The minimum Gasteiger partial charge on any atom is -0.460 e. The number of carbonyl (C=O) groups excluding carboxylic acids is 1. The lowest BCUT2D eigenvalue weighted by Crippen LogP contribution is -2.14. The Morgan fingerprint density at radius 1 is 1.19 bits per heavy atom. The third kappa shape index (κ3) is 3.68. The molecule has 0 bridgehead atoms. The number of terminal acetylenes is 1. The van der Waals surface area contributed by atoms with Gasteiger partial charge in [-0.05, 0) is 18.3 Å². The third-order valence-corrected chi connectivity index (χ3v) is 4.85. The molecule has 2 atom stereocenters. The number of carbonyl (C=O) groups is 1. The summed E-state index contributed by atoms with van der Waals surface area (Å²) >= 11 is 0. The van der Waals surface area contributed by atoms with Gasteiger partial charge in [0.2, 0.25) is 0 Å². The molecule has 2 unspecified atom stereocenters. The van der Waals surface area contributed by atoms with Crippen LogP contribution in [0.15, 0.2) is 11.6 Å². The standard InChI is InChI=1S/C20H17F4NO2/c1-5-6-11-15(21)17(23)12(18(24)16(11)22)9-27-19(26)14-13(20(14,3)4)7-10(2)8-25/h1,7,13-14H,6,9H2,2-4H3. The van der Waals surface area contributed by atoms with Crippen LogP contribution in [0.4, 0.5) is 17.6 Å². The molecule has 0 amide bonds. The quantitative estimate of drug-likeness (QED) is 0.253. The fraction of sp³-hybridized carbons (Fsp3) is 0.400. The molecular weight excluding hydrogens is 362 g/mol. The number of hydrogen-bond donors (Lipinski definition) is 0. The molecule has 0 spiro atoms. The number of nitriles is 1. The lowest BCUT2D eigenvalue weighted by atomic mass is 10.1. The van der Waals surface area contributed by atoms with E-state index in [1.54, 1.807) is 26.8 Å². The molecule has 27 heavy (non-hydrogen) atoms. The number of ether oxygens (including phenoxy) is 1. The van der Waals surface area contributed by atoms with Crippen molar-refractivity contribution in [2.24, 2.45) is 17.3 Å². The molecule has 0 radical (unpaired) electrons. The Labute approximate surface area is 154 Å². The Bertz CT molecular complexity index is 877. The zero-order chi connectivity index (χ0) is 20.5. The Hall–Kier alpha value is -2.80. The number of benzene rings is 1. The van der Waals surface area contributed by atoms with E-state index in [0.717, 1.165) is 0 Å². The molecule has 0 N–H and O–H groups in total. The second-order valence-electron chi connectivity index (χ2n) is 6.99. The molecule has 0 aliphatic heterocycles. The summed E-state index contributed by atoms with van der Waals surface area (Å²) < 4.78 is 60.8. The Kier molecular flexibility index (Phi) is 5.65. The first kappa shape index (κ1) is 20.5. The Balaban J connectivity index is 2.20. The molecule has 2 rings (SSSR count). The normalized spacial score (nSPS) is 20.6. The zero-order valence-electron chi connectivity index (χ0n) is 15.0. The minimum atomic E-state index is -1.64. The lowest BCUT2D eigenvalue weighted by molar-refractivity contribution is -0.147. The summed E-state index contributed by atoms with van der Waals surface area (Å²) in [7, 11) is 0. The summed E-state index contributed by atoms with van der Waals surface area (Å²) in [6, 6.07) is 1.95. The molecule has 3 nitrogen and oxygen atoms in total. The van der Waals surface area contributed by atoms with Crippen LogP contribution in [0.1, 0.15) is 31.9 Å². The number of esters is 1. The number of hydrogen-bond acceptors (Lipinski definition) is 3. The second-order valence-corrected chi connectivity index (χ2v) is 6.99. The number of nitrogens with zero attached hydrogens (tertiary/aromatic N) is 1. The molecule has 1 fully saturated rings. The molecule has 0 heterocycles. The highest BCUT2D eigenvalue weighted by molar-refractivity contribution is 5.78. The highest BCUT2D eigenvalue weighted by atomic mass is 19.2. The van der Waals surface area contributed by atoms with Gasteiger partial charge in [-0.2, -0.15) is 5.26 Å². The van der Waals surface area contributed by atoms with Gasteiger partial charge in [0.05, 0.1) is 17.6 Å². The molecule has 1 saturated carbocycles. The van der Waals surface area contributed by atoms with E-state index in [0.29, 0.717) is 5.57 Å². The van der Waals surface area contributed by atoms with Gasteiger partial charge in [0.25, 0.3) is 0 Å². The predicted octanol–water partition coefficient (Wildman–Crippen LogP) is 4.20. The fourth-order valence-corrected chi connectivity index (χ4v) is 3.09. The number of rotatable bonds is 5. The first-order valence-corrected chi connectivity index (χ1v) is 8.10. The van der Waals surface area contributed by atoms with Crippen molar-refractivity contribution in [2.75, 3.05) is 0 Å². The first-order valence-electron chi connectivity index (χ1n) is 8.10. The van der Waals surface area contributed by atoms with Crippen LogP contribution in [0.25, 0.3) is 0 Å². The van der Waals surface area contributed by atoms with Gasteiger partial charge >= 0.3 is 5.97 Å². The van der Waals surface area contributed by atoms with Crippen molar-refractivity contribution in [1.82, 2.24) is 0 Å². The maximum atomic E-state index is 14.1. The van der Waals surface area contributed by atoms with Crippen molar-refractivity contribution in [3.63, 3.8) is 0 Å². The van der Waals surface area contributed by atoms with Gasteiger partial charge in [0.15, 0.2) is 23.3 Å². The van der Waals surface area contributed by atoms with E-state index in [4.69, 9.17) is 16.4 Å². The van der Waals surface area contributed by atoms with Gasteiger partial charge in [-0.25, -0.2) is 17.6 Å². The third-order valence-electron chi connectivity index (χ3n) is 4.85. The van der Waals surface area contributed by atoms with Crippen LogP contribution < -0.4 is 0 Å². The van der Waals surface area contributed by atoms with Crippen LogP contribution in [0.5, 0.6) is 0 Å². The minimum absolute atomic E-state index is 0.272. The molecule has 0 saturated heterocycles. The van der Waals surface area contributed by atoms with E-state index in [1.165, 1.54) is 0 Å². The van der Waals surface area contributed by atoms with Crippen molar-refractivity contribution in [2.45, 2.75) is 33.8 Å². The zero-order valence-corrected chi connectivity index (χ0v) is 15.0. The lowest BCUT2D eigenvalue weighted by Gasteiger charge is -2.11. The fourth-order valence-electron chi connectivity index (χ4n) is 3.09. The van der Waals surface area contributed by atoms with E-state index in [9.17, 15) is 22.4 Å². The van der Waals surface area contributed by atoms with Crippen LogP contribution in [0.3, 0.4) is 0 Å². The summed E-state index contributed by atoms with van der Waals surface area (Å²) in [6.45, 7) is 4.19. The SMILES string of the molecule is C#CCc1c(F)c(F)c(COC(=O)C2C(C=C(C)C#N)C2(C)C)c(F)c1F. The van der Waals surface area contributed by atoms with Crippen LogP contribution in [-0.4, -0.2) is 5.97 Å². The molecule has 142 valence electrons. The van der Waals surface area contributed by atoms with Gasteiger partial charge in [-0.1, -0.05) is 19.9 Å². The molecule has 1 aromatic carbocycles. The highest BCUT2D eigenvalue weighted by Crippen LogP contribution is 2.59. The van der Waals surface area contributed by atoms with Crippen molar-refractivity contribution in [1.29, 1.82) is 5.26 Å². The topological polar surface area (TPSA) is 50.1 Å². The van der Waals surface area contributed by atoms with Gasteiger partial charge in [0.1, 0.15) is 6.61 Å². The maximum absolute atomic E-state index is 14.1. The van der Waals surface area contributed by atoms with E-state index in [-0.39, 0.29) is 5.92 Å². The van der Waals surface area contributed by atoms with E-state index in [2.05, 4.69) is 0 Å². The van der Waals surface area contributed by atoms with E-state index >= 15 is 0 Å². The second kappa shape index (κ2) is 7.44. The first-order chi connectivity index (χ1) is 12.6. The molecule has 7 heteroatoms. The maximum Gasteiger partial charge on any atom is 0.310 e. The average Bonchev–Trinajstić information content (AvgIpc) is 3.16. The molecular formula is C20H17F4NO2. The van der Waals surface area contributed by atoms with Gasteiger partial charge in [0, 0.05) is 17.6 Å². The van der Waals surface area contributed by atoms with Crippen molar-refractivity contribution in [3.8, 4) is 18.4 Å². The van der Waals surface area contributed by atoms with Crippen LogP contribution in [0.2, 0.25) is 0 Å².